The molecule has 1 aromatic heterocycles. The van der Waals surface area contributed by atoms with Crippen molar-refractivity contribution in [3.8, 4) is 0 Å². The van der Waals surface area contributed by atoms with Gasteiger partial charge in [0, 0.05) is 6.54 Å². The molecule has 1 saturated carbocycles. The van der Waals surface area contributed by atoms with E-state index in [0.717, 1.165) is 12.8 Å². The first-order valence-corrected chi connectivity index (χ1v) is 6.06. The zero-order chi connectivity index (χ0) is 12.3. The molecule has 1 aliphatic carbocycles. The van der Waals surface area contributed by atoms with Crippen molar-refractivity contribution in [3.05, 3.63) is 29.8 Å². The van der Waals surface area contributed by atoms with Gasteiger partial charge < -0.3 is 5.32 Å². The molecule has 1 aliphatic rings. The van der Waals surface area contributed by atoms with Crippen LogP contribution in [-0.2, 0) is 0 Å². The third kappa shape index (κ3) is 3.02. The summed E-state index contributed by atoms with van der Waals surface area (Å²) in [5.74, 6) is -0.903. The van der Waals surface area contributed by atoms with Crippen molar-refractivity contribution in [2.24, 2.45) is 5.41 Å². The van der Waals surface area contributed by atoms with E-state index in [9.17, 15) is 9.18 Å². The SMILES string of the molecule is CCCC1(CNC(=O)c2cccc(F)n2)CC1. The fourth-order valence-corrected chi connectivity index (χ4v) is 2.12. The van der Waals surface area contributed by atoms with Crippen LogP contribution in [0.25, 0.3) is 0 Å². The molecule has 0 aliphatic heterocycles. The van der Waals surface area contributed by atoms with Crippen LogP contribution in [0.3, 0.4) is 0 Å². The first-order chi connectivity index (χ1) is 8.15. The number of amides is 1. The van der Waals surface area contributed by atoms with E-state index in [-0.39, 0.29) is 11.6 Å². The van der Waals surface area contributed by atoms with E-state index < -0.39 is 5.95 Å². The minimum absolute atomic E-state index is 0.150. The lowest BCUT2D eigenvalue weighted by atomic mass is 10.0. The lowest BCUT2D eigenvalue weighted by Gasteiger charge is -2.14. The number of hydrogen-bond donors (Lipinski definition) is 1. The predicted molar refractivity (Wildman–Crippen MR) is 63.1 cm³/mol. The third-order valence-corrected chi connectivity index (χ3v) is 3.31. The molecule has 4 heteroatoms. The molecule has 1 amide bonds. The number of carbonyl (C=O) groups is 1. The molecule has 3 nitrogen and oxygen atoms in total. The van der Waals surface area contributed by atoms with Gasteiger partial charge in [-0.05, 0) is 36.8 Å². The Morgan fingerprint density at radius 1 is 1.53 bits per heavy atom. The van der Waals surface area contributed by atoms with Crippen molar-refractivity contribution in [3.63, 3.8) is 0 Å². The Hall–Kier alpha value is -1.45. The molecule has 1 heterocycles. The molecule has 1 N–H and O–H groups in total. The summed E-state index contributed by atoms with van der Waals surface area (Å²) >= 11 is 0. The predicted octanol–water partition coefficient (Wildman–Crippen LogP) is 2.53. The van der Waals surface area contributed by atoms with Gasteiger partial charge in [-0.25, -0.2) is 4.98 Å². The van der Waals surface area contributed by atoms with E-state index in [1.54, 1.807) is 0 Å². The van der Waals surface area contributed by atoms with Crippen LogP contribution in [0, 0.1) is 11.4 Å². The summed E-state index contributed by atoms with van der Waals surface area (Å²) < 4.78 is 12.8. The molecule has 17 heavy (non-hydrogen) atoms. The number of nitrogens with one attached hydrogen (secondary N) is 1. The van der Waals surface area contributed by atoms with Crippen LogP contribution < -0.4 is 5.32 Å². The van der Waals surface area contributed by atoms with Crippen molar-refractivity contribution in [2.75, 3.05) is 6.54 Å². The van der Waals surface area contributed by atoms with Crippen LogP contribution in [0.2, 0.25) is 0 Å². The van der Waals surface area contributed by atoms with Crippen molar-refractivity contribution in [1.29, 1.82) is 0 Å². The van der Waals surface area contributed by atoms with Gasteiger partial charge in [0.25, 0.3) is 5.91 Å². The number of pyridine rings is 1. The summed E-state index contributed by atoms with van der Waals surface area (Å²) in [6.07, 6.45) is 4.63. The normalized spacial score (nSPS) is 16.6. The zero-order valence-electron chi connectivity index (χ0n) is 10.0. The zero-order valence-corrected chi connectivity index (χ0v) is 10.0. The maximum Gasteiger partial charge on any atom is 0.270 e. The van der Waals surface area contributed by atoms with Crippen molar-refractivity contribution in [1.82, 2.24) is 10.3 Å². The topological polar surface area (TPSA) is 42.0 Å². The molecular weight excluding hydrogens is 219 g/mol. The van der Waals surface area contributed by atoms with Gasteiger partial charge in [-0.1, -0.05) is 19.4 Å². The number of rotatable bonds is 5. The molecule has 92 valence electrons. The largest absolute Gasteiger partial charge is 0.350 e. The number of carbonyl (C=O) groups excluding carboxylic acids is 1. The Kier molecular flexibility index (Phi) is 3.41. The first kappa shape index (κ1) is 12.0. The van der Waals surface area contributed by atoms with Crippen molar-refractivity contribution >= 4 is 5.91 Å². The van der Waals surface area contributed by atoms with Gasteiger partial charge >= 0.3 is 0 Å². The quantitative estimate of drug-likeness (QED) is 0.798. The summed E-state index contributed by atoms with van der Waals surface area (Å²) in [5, 5.41) is 2.85. The van der Waals surface area contributed by atoms with Crippen molar-refractivity contribution in [2.45, 2.75) is 32.6 Å². The third-order valence-electron chi connectivity index (χ3n) is 3.31. The smallest absolute Gasteiger partial charge is 0.270 e. The van der Waals surface area contributed by atoms with Gasteiger partial charge in [0.15, 0.2) is 0 Å². The lowest BCUT2D eigenvalue weighted by Crippen LogP contribution is -2.30. The molecule has 1 aromatic rings. The van der Waals surface area contributed by atoms with E-state index in [1.165, 1.54) is 31.0 Å². The summed E-state index contributed by atoms with van der Waals surface area (Å²) in [5.41, 5.74) is 0.454. The van der Waals surface area contributed by atoms with E-state index in [4.69, 9.17) is 0 Å². The average molecular weight is 236 g/mol. The molecule has 0 saturated heterocycles. The van der Waals surface area contributed by atoms with Crippen LogP contribution >= 0.6 is 0 Å². The van der Waals surface area contributed by atoms with E-state index >= 15 is 0 Å². The standard InChI is InChI=1S/C13H17FN2O/c1-2-6-13(7-8-13)9-15-12(17)10-4-3-5-11(14)16-10/h3-5H,2,6-9H2,1H3,(H,15,17). The minimum atomic E-state index is -0.618. The highest BCUT2D eigenvalue weighted by Gasteiger charge is 2.41. The van der Waals surface area contributed by atoms with Gasteiger partial charge in [-0.2, -0.15) is 4.39 Å². The lowest BCUT2D eigenvalue weighted by molar-refractivity contribution is 0.0937. The fraction of sp³-hybridized carbons (Fsp3) is 0.538. The molecule has 0 atom stereocenters. The maximum atomic E-state index is 12.8. The van der Waals surface area contributed by atoms with Gasteiger partial charge in [-0.15, -0.1) is 0 Å². The second kappa shape index (κ2) is 4.82. The average Bonchev–Trinajstić information content (AvgIpc) is 3.07. The van der Waals surface area contributed by atoms with Crippen LogP contribution in [0.15, 0.2) is 18.2 Å². The fourth-order valence-electron chi connectivity index (χ4n) is 2.12. The van der Waals surface area contributed by atoms with Crippen LogP contribution in [0.5, 0.6) is 0 Å². The molecule has 2 rings (SSSR count). The van der Waals surface area contributed by atoms with E-state index in [1.807, 2.05) is 0 Å². The summed E-state index contributed by atoms with van der Waals surface area (Å²) in [6, 6.07) is 4.25. The maximum absolute atomic E-state index is 12.8. The molecule has 0 spiro atoms. The highest BCUT2D eigenvalue weighted by Crippen LogP contribution is 2.48. The number of nitrogens with zero attached hydrogens (tertiary/aromatic N) is 1. The molecular formula is C13H17FN2O. The van der Waals surface area contributed by atoms with Gasteiger partial charge in [0.2, 0.25) is 5.95 Å². The monoisotopic (exact) mass is 236 g/mol. The second-order valence-corrected chi connectivity index (χ2v) is 4.78. The Morgan fingerprint density at radius 2 is 2.29 bits per heavy atom. The molecule has 0 aromatic carbocycles. The summed E-state index contributed by atoms with van der Waals surface area (Å²) in [4.78, 5) is 15.3. The highest BCUT2D eigenvalue weighted by atomic mass is 19.1. The van der Waals surface area contributed by atoms with Crippen molar-refractivity contribution < 1.29 is 9.18 Å². The Balaban J connectivity index is 1.90. The molecule has 0 unspecified atom stereocenters. The number of hydrogen-bond acceptors (Lipinski definition) is 2. The van der Waals surface area contributed by atoms with E-state index in [0.29, 0.717) is 12.0 Å². The van der Waals surface area contributed by atoms with Gasteiger partial charge in [-0.3, -0.25) is 4.79 Å². The number of aromatic nitrogens is 1. The van der Waals surface area contributed by atoms with Crippen LogP contribution in [0.4, 0.5) is 4.39 Å². The highest BCUT2D eigenvalue weighted by molar-refractivity contribution is 5.92. The minimum Gasteiger partial charge on any atom is -0.350 e. The Morgan fingerprint density at radius 3 is 2.88 bits per heavy atom. The van der Waals surface area contributed by atoms with E-state index in [2.05, 4.69) is 17.2 Å². The van der Waals surface area contributed by atoms with Crippen LogP contribution in [0.1, 0.15) is 43.1 Å². The molecule has 0 radical (unpaired) electrons. The summed E-state index contributed by atoms with van der Waals surface area (Å²) in [7, 11) is 0. The second-order valence-electron chi connectivity index (χ2n) is 4.78. The molecule has 1 fully saturated rings. The molecule has 0 bridgehead atoms. The summed E-state index contributed by atoms with van der Waals surface area (Å²) in [6.45, 7) is 2.83. The van der Waals surface area contributed by atoms with Gasteiger partial charge in [0.05, 0.1) is 0 Å². The number of halogens is 1. The van der Waals surface area contributed by atoms with Gasteiger partial charge in [0.1, 0.15) is 5.69 Å². The first-order valence-electron chi connectivity index (χ1n) is 6.06. The van der Waals surface area contributed by atoms with Crippen LogP contribution in [-0.4, -0.2) is 17.4 Å². The Bertz CT molecular complexity index is 416. The Labute approximate surface area is 100 Å².